The minimum atomic E-state index is -0.661. The van der Waals surface area contributed by atoms with Gasteiger partial charge in [0.2, 0.25) is 0 Å². The van der Waals surface area contributed by atoms with Crippen LogP contribution in [0, 0.1) is 0 Å². The van der Waals surface area contributed by atoms with Crippen molar-refractivity contribution in [3.8, 4) is 10.4 Å². The normalized spacial score (nSPS) is 13.6. The fourth-order valence-corrected chi connectivity index (χ4v) is 4.90. The molecule has 4 aromatic rings. The quantitative estimate of drug-likeness (QED) is 0.506. The number of hydrogen-bond acceptors (Lipinski definition) is 5. The molecule has 144 valence electrons. The van der Waals surface area contributed by atoms with Gasteiger partial charge in [-0.25, -0.2) is 9.78 Å². The van der Waals surface area contributed by atoms with E-state index in [2.05, 4.69) is 22.1 Å². The maximum Gasteiger partial charge on any atom is 0.349 e. The Bertz CT molecular complexity index is 1300. The van der Waals surface area contributed by atoms with Crippen molar-refractivity contribution in [2.24, 2.45) is 0 Å². The monoisotopic (exact) mass is 402 g/mol. The number of aromatic amines is 1. The molecule has 0 unspecified atom stereocenters. The molecule has 5 nitrogen and oxygen atoms in total. The fraction of sp³-hybridized carbons (Fsp3) is 0.174. The van der Waals surface area contributed by atoms with Gasteiger partial charge in [0, 0.05) is 4.88 Å². The molecule has 6 heteroatoms. The van der Waals surface area contributed by atoms with Gasteiger partial charge in [-0.2, -0.15) is 0 Å². The second-order valence-corrected chi connectivity index (χ2v) is 8.19. The molecule has 0 aliphatic heterocycles. The second-order valence-electron chi connectivity index (χ2n) is 7.14. The number of carbonyl (C=O) groups excluding carboxylic acids is 1. The first kappa shape index (κ1) is 17.8. The topological polar surface area (TPSA) is 72.0 Å². The van der Waals surface area contributed by atoms with Crippen LogP contribution in [0.2, 0.25) is 0 Å². The average Bonchev–Trinajstić information content (AvgIpc) is 3.19. The Balaban J connectivity index is 1.42. The lowest BCUT2D eigenvalue weighted by Gasteiger charge is -2.15. The number of aromatic nitrogens is 2. The lowest BCUT2D eigenvalue weighted by atomic mass is 9.91. The Morgan fingerprint density at radius 1 is 1.10 bits per heavy atom. The molecule has 2 aromatic carbocycles. The van der Waals surface area contributed by atoms with Gasteiger partial charge in [0.25, 0.3) is 5.56 Å². The van der Waals surface area contributed by atoms with Gasteiger partial charge in [0.1, 0.15) is 4.88 Å². The van der Waals surface area contributed by atoms with Crippen LogP contribution >= 0.6 is 11.3 Å². The number of esters is 1. The number of fused-ring (bicyclic) bond motifs is 4. The van der Waals surface area contributed by atoms with Gasteiger partial charge in [-0.15, -0.1) is 11.3 Å². The summed E-state index contributed by atoms with van der Waals surface area (Å²) < 4.78 is 5.63. The van der Waals surface area contributed by atoms with Crippen LogP contribution in [-0.2, 0) is 17.6 Å². The molecule has 1 aliphatic rings. The van der Waals surface area contributed by atoms with Crippen LogP contribution < -0.4 is 5.56 Å². The van der Waals surface area contributed by atoms with E-state index in [1.807, 2.05) is 24.3 Å². The minimum Gasteiger partial charge on any atom is -0.450 e. The number of benzene rings is 2. The van der Waals surface area contributed by atoms with Crippen molar-refractivity contribution in [1.82, 2.24) is 9.97 Å². The molecule has 0 saturated heterocycles. The molecular weight excluding hydrogens is 384 g/mol. The van der Waals surface area contributed by atoms with Gasteiger partial charge < -0.3 is 9.72 Å². The third kappa shape index (κ3) is 3.15. The summed E-state index contributed by atoms with van der Waals surface area (Å²) in [5.74, 6) is -0.0566. The van der Waals surface area contributed by atoms with Crippen molar-refractivity contribution in [1.29, 1.82) is 0 Å². The zero-order valence-electron chi connectivity index (χ0n) is 15.8. The molecule has 0 amide bonds. The van der Waals surface area contributed by atoms with E-state index in [1.54, 1.807) is 25.1 Å². The number of nitrogens with one attached hydrogen (secondary N) is 1. The molecular formula is C23H18N2O3S. The van der Waals surface area contributed by atoms with Gasteiger partial charge in [-0.3, -0.25) is 4.79 Å². The molecule has 0 saturated carbocycles. The van der Waals surface area contributed by atoms with Crippen LogP contribution in [0.4, 0.5) is 0 Å². The van der Waals surface area contributed by atoms with E-state index in [-0.39, 0.29) is 5.56 Å². The minimum absolute atomic E-state index is 0.239. The molecule has 0 fully saturated rings. The van der Waals surface area contributed by atoms with E-state index in [1.165, 1.54) is 28.0 Å². The van der Waals surface area contributed by atoms with E-state index in [0.29, 0.717) is 21.6 Å². The highest BCUT2D eigenvalue weighted by Gasteiger charge is 2.24. The summed E-state index contributed by atoms with van der Waals surface area (Å²) in [7, 11) is 0. The molecule has 29 heavy (non-hydrogen) atoms. The van der Waals surface area contributed by atoms with Crippen LogP contribution in [0.1, 0.15) is 39.7 Å². The summed E-state index contributed by atoms with van der Waals surface area (Å²) in [6, 6.07) is 17.3. The second kappa shape index (κ2) is 6.97. The van der Waals surface area contributed by atoms with Crippen molar-refractivity contribution >= 4 is 28.2 Å². The highest BCUT2D eigenvalue weighted by atomic mass is 32.1. The summed E-state index contributed by atoms with van der Waals surface area (Å²) in [6.07, 6.45) is 1.24. The number of carbonyl (C=O) groups is 1. The third-order valence-electron chi connectivity index (χ3n) is 5.24. The number of hydrogen-bond donors (Lipinski definition) is 1. The SMILES string of the molecule is C[C@@H](OC(=O)c1cc2c(s1)-c1ccccc1CC2)c1nc2ccccc2c(=O)[nH]1. The first-order chi connectivity index (χ1) is 14.1. The predicted octanol–water partition coefficient (Wildman–Crippen LogP) is 4.67. The Morgan fingerprint density at radius 3 is 2.76 bits per heavy atom. The molecule has 0 spiro atoms. The van der Waals surface area contributed by atoms with Crippen molar-refractivity contribution < 1.29 is 9.53 Å². The lowest BCUT2D eigenvalue weighted by molar-refractivity contribution is 0.0326. The number of H-pyrrole nitrogens is 1. The highest BCUT2D eigenvalue weighted by molar-refractivity contribution is 7.17. The average molecular weight is 402 g/mol. The first-order valence-electron chi connectivity index (χ1n) is 9.51. The molecule has 1 N–H and O–H groups in total. The van der Waals surface area contributed by atoms with Crippen molar-refractivity contribution in [3.05, 3.63) is 86.8 Å². The van der Waals surface area contributed by atoms with E-state index in [0.717, 1.165) is 17.7 Å². The number of aryl methyl sites for hydroxylation is 2. The number of thiophene rings is 1. The van der Waals surface area contributed by atoms with Gasteiger partial charge >= 0.3 is 5.97 Å². The largest absolute Gasteiger partial charge is 0.450 e. The van der Waals surface area contributed by atoms with Gasteiger partial charge in [-0.1, -0.05) is 36.4 Å². The first-order valence-corrected chi connectivity index (χ1v) is 10.3. The van der Waals surface area contributed by atoms with Crippen molar-refractivity contribution in [3.63, 3.8) is 0 Å². The van der Waals surface area contributed by atoms with Crippen LogP contribution in [0.25, 0.3) is 21.3 Å². The van der Waals surface area contributed by atoms with Gasteiger partial charge in [0.15, 0.2) is 11.9 Å². The van der Waals surface area contributed by atoms with Crippen LogP contribution in [0.15, 0.2) is 59.4 Å². The molecule has 0 radical (unpaired) electrons. The molecule has 2 aromatic heterocycles. The maximum absolute atomic E-state index is 12.8. The highest BCUT2D eigenvalue weighted by Crippen LogP contribution is 2.39. The van der Waals surface area contributed by atoms with Crippen LogP contribution in [0.5, 0.6) is 0 Å². The van der Waals surface area contributed by atoms with E-state index < -0.39 is 12.1 Å². The molecule has 0 bridgehead atoms. The van der Waals surface area contributed by atoms with Gasteiger partial charge in [-0.05, 0) is 54.7 Å². The summed E-state index contributed by atoms with van der Waals surface area (Å²) >= 11 is 1.46. The third-order valence-corrected chi connectivity index (χ3v) is 6.43. The predicted molar refractivity (Wildman–Crippen MR) is 113 cm³/mol. The standard InChI is InChI=1S/C23H18N2O3S/c1-13(21-24-18-9-5-4-8-17(18)22(26)25-21)28-23(27)19-12-15-11-10-14-6-2-3-7-16(14)20(15)29-19/h2-9,12-13H,10-11H2,1H3,(H,24,25,26)/t13-/m1/s1. The lowest BCUT2D eigenvalue weighted by Crippen LogP contribution is -2.17. The number of rotatable bonds is 3. The fourth-order valence-electron chi connectivity index (χ4n) is 3.74. The smallest absolute Gasteiger partial charge is 0.349 e. The summed E-state index contributed by atoms with van der Waals surface area (Å²) in [5.41, 5.74) is 4.04. The van der Waals surface area contributed by atoms with E-state index in [9.17, 15) is 9.59 Å². The molecule has 1 atom stereocenters. The number of para-hydroxylation sites is 1. The molecule has 1 aliphatic carbocycles. The van der Waals surface area contributed by atoms with E-state index in [4.69, 9.17) is 4.74 Å². The Morgan fingerprint density at radius 2 is 1.86 bits per heavy atom. The van der Waals surface area contributed by atoms with Crippen LogP contribution in [-0.4, -0.2) is 15.9 Å². The Labute approximate surface area is 171 Å². The van der Waals surface area contributed by atoms with Crippen molar-refractivity contribution in [2.75, 3.05) is 0 Å². The van der Waals surface area contributed by atoms with Crippen LogP contribution in [0.3, 0.4) is 0 Å². The maximum atomic E-state index is 12.8. The number of ether oxygens (including phenoxy) is 1. The zero-order valence-corrected chi connectivity index (χ0v) is 16.6. The molecule has 5 rings (SSSR count). The summed E-state index contributed by atoms with van der Waals surface area (Å²) in [5, 5.41) is 0.513. The Hall–Kier alpha value is -3.25. The van der Waals surface area contributed by atoms with Gasteiger partial charge in [0.05, 0.1) is 10.9 Å². The Kier molecular flexibility index (Phi) is 4.28. The number of nitrogens with zero attached hydrogens (tertiary/aromatic N) is 1. The summed E-state index contributed by atoms with van der Waals surface area (Å²) in [4.78, 5) is 33.9. The van der Waals surface area contributed by atoms with E-state index >= 15 is 0 Å². The summed E-state index contributed by atoms with van der Waals surface area (Å²) in [6.45, 7) is 1.72. The zero-order chi connectivity index (χ0) is 20.0. The van der Waals surface area contributed by atoms with Crippen molar-refractivity contribution in [2.45, 2.75) is 25.9 Å². The molecule has 2 heterocycles.